The Morgan fingerprint density at radius 1 is 1.11 bits per heavy atom. The van der Waals surface area contributed by atoms with E-state index in [2.05, 4.69) is 15.6 Å². The number of carbonyl (C=O) groups excluding carboxylic acids is 2. The lowest BCUT2D eigenvalue weighted by molar-refractivity contribution is -0.146. The molecule has 4 saturated carbocycles. The van der Waals surface area contributed by atoms with Crippen LogP contribution in [0.25, 0.3) is 5.65 Å². The molecule has 4 aliphatic rings. The van der Waals surface area contributed by atoms with Crippen LogP contribution in [0.2, 0.25) is 0 Å². The van der Waals surface area contributed by atoms with Crippen LogP contribution in [0, 0.1) is 30.1 Å². The Morgan fingerprint density at radius 2 is 1.78 bits per heavy atom. The summed E-state index contributed by atoms with van der Waals surface area (Å²) in [5, 5.41) is 5.80. The molecular weight excluding hydrogens is 340 g/mol. The SMILES string of the molecule is Cc1cn2cc(NC(=O)CNC(=O)C34CC5CC(CC(C5)C3)C4)ccc2n1. The van der Waals surface area contributed by atoms with Gasteiger partial charge in [0.25, 0.3) is 0 Å². The zero-order valence-corrected chi connectivity index (χ0v) is 15.7. The third-order valence-electron chi connectivity index (χ3n) is 6.78. The van der Waals surface area contributed by atoms with Gasteiger partial charge in [-0.15, -0.1) is 0 Å². The number of nitrogens with zero attached hydrogens (tertiary/aromatic N) is 2. The molecule has 2 N–H and O–H groups in total. The van der Waals surface area contributed by atoms with E-state index in [-0.39, 0.29) is 23.8 Å². The fourth-order valence-electron chi connectivity index (χ4n) is 6.13. The average molecular weight is 366 g/mol. The zero-order chi connectivity index (χ0) is 18.6. The summed E-state index contributed by atoms with van der Waals surface area (Å²) in [7, 11) is 0. The number of aromatic nitrogens is 2. The zero-order valence-electron chi connectivity index (χ0n) is 15.7. The molecule has 0 saturated heterocycles. The van der Waals surface area contributed by atoms with Gasteiger partial charge < -0.3 is 15.0 Å². The van der Waals surface area contributed by atoms with Gasteiger partial charge in [-0.25, -0.2) is 4.98 Å². The van der Waals surface area contributed by atoms with E-state index in [4.69, 9.17) is 0 Å². The molecule has 27 heavy (non-hydrogen) atoms. The summed E-state index contributed by atoms with van der Waals surface area (Å²) in [6.45, 7) is 1.97. The highest BCUT2D eigenvalue weighted by molar-refractivity contribution is 5.95. The number of hydrogen-bond acceptors (Lipinski definition) is 3. The summed E-state index contributed by atoms with van der Waals surface area (Å²) in [6.07, 6.45) is 10.7. The highest BCUT2D eigenvalue weighted by Crippen LogP contribution is 2.60. The molecule has 6 nitrogen and oxygen atoms in total. The molecule has 142 valence electrons. The van der Waals surface area contributed by atoms with Crippen molar-refractivity contribution in [3.05, 3.63) is 30.2 Å². The second kappa shape index (κ2) is 6.08. The third kappa shape index (κ3) is 3.01. The number of carbonyl (C=O) groups is 2. The minimum atomic E-state index is -0.206. The smallest absolute Gasteiger partial charge is 0.243 e. The monoisotopic (exact) mass is 366 g/mol. The number of pyridine rings is 1. The molecule has 2 heterocycles. The van der Waals surface area contributed by atoms with Gasteiger partial charge in [0.2, 0.25) is 11.8 Å². The molecule has 4 bridgehead atoms. The Morgan fingerprint density at radius 3 is 2.44 bits per heavy atom. The number of anilines is 1. The minimum absolute atomic E-state index is 0.0293. The number of imidazole rings is 1. The number of nitrogens with one attached hydrogen (secondary N) is 2. The standard InChI is InChI=1S/C21H26N4O2/c1-13-11-25-12-17(2-3-18(25)23-13)24-19(26)10-22-20(27)21-7-14-4-15(8-21)6-16(5-14)9-21/h2-3,11-12,14-16H,4-10H2,1H3,(H,22,27)(H,24,26). The summed E-state index contributed by atoms with van der Waals surface area (Å²) >= 11 is 0. The van der Waals surface area contributed by atoms with Crippen LogP contribution < -0.4 is 10.6 Å². The van der Waals surface area contributed by atoms with Gasteiger partial charge >= 0.3 is 0 Å². The Labute approximate surface area is 158 Å². The van der Waals surface area contributed by atoms with Crippen LogP contribution in [-0.2, 0) is 9.59 Å². The largest absolute Gasteiger partial charge is 0.347 e. The van der Waals surface area contributed by atoms with E-state index >= 15 is 0 Å². The quantitative estimate of drug-likeness (QED) is 0.874. The van der Waals surface area contributed by atoms with Crippen molar-refractivity contribution in [1.82, 2.24) is 14.7 Å². The van der Waals surface area contributed by atoms with Crippen molar-refractivity contribution in [2.75, 3.05) is 11.9 Å². The highest BCUT2D eigenvalue weighted by atomic mass is 16.2. The first-order chi connectivity index (χ1) is 13.0. The lowest BCUT2D eigenvalue weighted by Crippen LogP contribution is -2.54. The van der Waals surface area contributed by atoms with Crippen LogP contribution in [0.15, 0.2) is 24.5 Å². The molecule has 4 fully saturated rings. The number of fused-ring (bicyclic) bond motifs is 1. The van der Waals surface area contributed by atoms with Crippen LogP contribution in [0.5, 0.6) is 0 Å². The summed E-state index contributed by atoms with van der Waals surface area (Å²) in [5.41, 5.74) is 2.28. The van der Waals surface area contributed by atoms with E-state index in [0.717, 1.165) is 48.4 Å². The van der Waals surface area contributed by atoms with Gasteiger partial charge in [0, 0.05) is 17.8 Å². The van der Waals surface area contributed by atoms with Crippen molar-refractivity contribution in [1.29, 1.82) is 0 Å². The number of amides is 2. The summed E-state index contributed by atoms with van der Waals surface area (Å²) in [5.74, 6) is 2.07. The van der Waals surface area contributed by atoms with Gasteiger partial charge in [0.15, 0.2) is 0 Å². The van der Waals surface area contributed by atoms with Gasteiger partial charge in [0.1, 0.15) is 5.65 Å². The fraction of sp³-hybridized carbons (Fsp3) is 0.571. The minimum Gasteiger partial charge on any atom is -0.347 e. The van der Waals surface area contributed by atoms with E-state index in [1.54, 1.807) is 0 Å². The molecule has 6 rings (SSSR count). The molecule has 2 aromatic heterocycles. The molecule has 2 amide bonds. The first kappa shape index (κ1) is 16.8. The van der Waals surface area contributed by atoms with E-state index in [1.807, 2.05) is 35.9 Å². The van der Waals surface area contributed by atoms with Crippen molar-refractivity contribution in [3.63, 3.8) is 0 Å². The summed E-state index contributed by atoms with van der Waals surface area (Å²) in [6, 6.07) is 3.71. The van der Waals surface area contributed by atoms with Crippen molar-refractivity contribution < 1.29 is 9.59 Å². The van der Waals surface area contributed by atoms with E-state index in [9.17, 15) is 9.59 Å². The Hall–Kier alpha value is -2.37. The first-order valence-electron chi connectivity index (χ1n) is 10.0. The lowest BCUT2D eigenvalue weighted by Gasteiger charge is -2.55. The normalized spacial score (nSPS) is 31.2. The van der Waals surface area contributed by atoms with Crippen LogP contribution in [0.3, 0.4) is 0 Å². The molecule has 0 spiro atoms. The second-order valence-electron chi connectivity index (χ2n) is 8.99. The first-order valence-corrected chi connectivity index (χ1v) is 10.0. The van der Waals surface area contributed by atoms with Gasteiger partial charge in [-0.05, 0) is 75.3 Å². The molecule has 2 aromatic rings. The number of hydrogen-bond donors (Lipinski definition) is 2. The number of rotatable bonds is 4. The highest BCUT2D eigenvalue weighted by Gasteiger charge is 2.54. The van der Waals surface area contributed by atoms with Gasteiger partial charge in [0.05, 0.1) is 17.9 Å². The van der Waals surface area contributed by atoms with E-state index < -0.39 is 0 Å². The topological polar surface area (TPSA) is 75.5 Å². The van der Waals surface area contributed by atoms with Crippen LogP contribution in [-0.4, -0.2) is 27.7 Å². The molecular formula is C21H26N4O2. The molecule has 4 aliphatic carbocycles. The van der Waals surface area contributed by atoms with Crippen molar-refractivity contribution in [2.24, 2.45) is 23.2 Å². The Bertz CT molecular complexity index is 881. The molecule has 0 aromatic carbocycles. The van der Waals surface area contributed by atoms with Crippen molar-refractivity contribution in [3.8, 4) is 0 Å². The number of aryl methyl sites for hydroxylation is 1. The van der Waals surface area contributed by atoms with E-state index in [0.29, 0.717) is 5.69 Å². The lowest BCUT2D eigenvalue weighted by atomic mass is 9.49. The Balaban J connectivity index is 1.20. The maximum absolute atomic E-state index is 12.9. The maximum Gasteiger partial charge on any atom is 0.243 e. The predicted octanol–water partition coefficient (Wildman–Crippen LogP) is 2.91. The molecule has 0 radical (unpaired) electrons. The molecule has 0 unspecified atom stereocenters. The Kier molecular flexibility index (Phi) is 3.78. The average Bonchev–Trinajstić information content (AvgIpc) is 2.97. The van der Waals surface area contributed by atoms with Crippen molar-refractivity contribution >= 4 is 23.1 Å². The van der Waals surface area contributed by atoms with Gasteiger partial charge in [-0.2, -0.15) is 0 Å². The molecule has 6 heteroatoms. The fourth-order valence-corrected chi connectivity index (χ4v) is 6.13. The predicted molar refractivity (Wildman–Crippen MR) is 102 cm³/mol. The van der Waals surface area contributed by atoms with Gasteiger partial charge in [-0.3, -0.25) is 9.59 Å². The molecule has 0 atom stereocenters. The van der Waals surface area contributed by atoms with Crippen LogP contribution in [0.4, 0.5) is 5.69 Å². The maximum atomic E-state index is 12.9. The van der Waals surface area contributed by atoms with Crippen LogP contribution in [0.1, 0.15) is 44.2 Å². The van der Waals surface area contributed by atoms with Crippen LogP contribution >= 0.6 is 0 Å². The molecule has 0 aliphatic heterocycles. The third-order valence-corrected chi connectivity index (χ3v) is 6.78. The van der Waals surface area contributed by atoms with E-state index in [1.165, 1.54) is 19.3 Å². The summed E-state index contributed by atoms with van der Waals surface area (Å²) in [4.78, 5) is 29.6. The van der Waals surface area contributed by atoms with Crippen molar-refractivity contribution in [2.45, 2.75) is 45.4 Å². The summed E-state index contributed by atoms with van der Waals surface area (Å²) < 4.78 is 1.89. The second-order valence-corrected chi connectivity index (χ2v) is 8.99. The van der Waals surface area contributed by atoms with Gasteiger partial charge in [-0.1, -0.05) is 0 Å².